The van der Waals surface area contributed by atoms with Gasteiger partial charge in [0, 0.05) is 39.3 Å². The Morgan fingerprint density at radius 2 is 1.88 bits per heavy atom. The smallest absolute Gasteiger partial charge is 0.0108 e. The van der Waals surface area contributed by atoms with Gasteiger partial charge in [-0.25, -0.2) is 0 Å². The molecule has 3 heteroatoms. The Balaban J connectivity index is 2.28. The van der Waals surface area contributed by atoms with Gasteiger partial charge >= 0.3 is 0 Å². The van der Waals surface area contributed by atoms with E-state index in [0.29, 0.717) is 5.41 Å². The SMILES string of the molecule is CCCCN(C)CC(C)(C)CN1CCNCC1. The average molecular weight is 241 g/mol. The summed E-state index contributed by atoms with van der Waals surface area (Å²) in [5.74, 6) is 0. The second-order valence-corrected chi connectivity index (χ2v) is 6.28. The molecule has 1 aliphatic heterocycles. The van der Waals surface area contributed by atoms with E-state index in [1.807, 2.05) is 0 Å². The fourth-order valence-corrected chi connectivity index (χ4v) is 2.76. The Bertz CT molecular complexity index is 198. The van der Waals surface area contributed by atoms with Crippen LogP contribution in [0.25, 0.3) is 0 Å². The van der Waals surface area contributed by atoms with Gasteiger partial charge in [0.2, 0.25) is 0 Å². The molecule has 0 aromatic carbocycles. The maximum Gasteiger partial charge on any atom is 0.0108 e. The molecular formula is C14H31N3. The van der Waals surface area contributed by atoms with Gasteiger partial charge in [0.15, 0.2) is 0 Å². The fourth-order valence-electron chi connectivity index (χ4n) is 2.76. The third-order valence-corrected chi connectivity index (χ3v) is 3.45. The number of hydrogen-bond acceptors (Lipinski definition) is 3. The van der Waals surface area contributed by atoms with Gasteiger partial charge in [0.1, 0.15) is 0 Å². The standard InChI is InChI=1S/C14H31N3/c1-5-6-9-16(4)12-14(2,3)13-17-10-7-15-8-11-17/h15H,5-13H2,1-4H3. The first kappa shape index (κ1) is 14.9. The van der Waals surface area contributed by atoms with E-state index in [1.54, 1.807) is 0 Å². The highest BCUT2D eigenvalue weighted by molar-refractivity contribution is 4.79. The fraction of sp³-hybridized carbons (Fsp3) is 1.00. The zero-order chi connectivity index (χ0) is 12.7. The molecule has 1 saturated heterocycles. The average Bonchev–Trinajstić information content (AvgIpc) is 2.26. The van der Waals surface area contributed by atoms with Crippen LogP contribution in [0.4, 0.5) is 0 Å². The van der Waals surface area contributed by atoms with Crippen LogP contribution in [-0.2, 0) is 0 Å². The first-order chi connectivity index (χ1) is 8.03. The quantitative estimate of drug-likeness (QED) is 0.731. The van der Waals surface area contributed by atoms with E-state index in [2.05, 4.69) is 42.9 Å². The summed E-state index contributed by atoms with van der Waals surface area (Å²) in [6.07, 6.45) is 2.61. The number of unbranched alkanes of at least 4 members (excludes halogenated alkanes) is 1. The molecule has 0 radical (unpaired) electrons. The Kier molecular flexibility index (Phi) is 6.45. The number of nitrogens with one attached hydrogen (secondary N) is 1. The molecule has 0 aliphatic carbocycles. The Morgan fingerprint density at radius 3 is 2.47 bits per heavy atom. The van der Waals surface area contributed by atoms with Crippen molar-refractivity contribution in [3.05, 3.63) is 0 Å². The highest BCUT2D eigenvalue weighted by Crippen LogP contribution is 2.18. The first-order valence-corrected chi connectivity index (χ1v) is 7.15. The molecule has 0 atom stereocenters. The Hall–Kier alpha value is -0.120. The Labute approximate surface area is 108 Å². The molecule has 1 fully saturated rings. The molecule has 0 unspecified atom stereocenters. The minimum atomic E-state index is 0.403. The van der Waals surface area contributed by atoms with Gasteiger partial charge in [-0.3, -0.25) is 0 Å². The van der Waals surface area contributed by atoms with Crippen molar-refractivity contribution in [2.75, 3.05) is 52.9 Å². The monoisotopic (exact) mass is 241 g/mol. The summed E-state index contributed by atoms with van der Waals surface area (Å²) in [5, 5.41) is 3.42. The molecule has 1 N–H and O–H groups in total. The van der Waals surface area contributed by atoms with Crippen molar-refractivity contribution in [3.63, 3.8) is 0 Å². The van der Waals surface area contributed by atoms with Crippen molar-refractivity contribution in [1.29, 1.82) is 0 Å². The summed E-state index contributed by atoms with van der Waals surface area (Å²) in [4.78, 5) is 5.09. The molecule has 1 aliphatic rings. The lowest BCUT2D eigenvalue weighted by Gasteiger charge is -2.37. The van der Waals surface area contributed by atoms with E-state index in [9.17, 15) is 0 Å². The summed E-state index contributed by atoms with van der Waals surface area (Å²) >= 11 is 0. The molecule has 0 saturated carbocycles. The van der Waals surface area contributed by atoms with E-state index in [-0.39, 0.29) is 0 Å². The summed E-state index contributed by atoms with van der Waals surface area (Å²) in [5.41, 5.74) is 0.403. The number of piperazine rings is 1. The molecule has 0 aromatic rings. The van der Waals surface area contributed by atoms with Gasteiger partial charge in [-0.15, -0.1) is 0 Å². The predicted molar refractivity (Wildman–Crippen MR) is 75.5 cm³/mol. The number of hydrogen-bond donors (Lipinski definition) is 1. The second-order valence-electron chi connectivity index (χ2n) is 6.28. The van der Waals surface area contributed by atoms with Gasteiger partial charge in [-0.1, -0.05) is 27.2 Å². The van der Waals surface area contributed by atoms with Crippen LogP contribution >= 0.6 is 0 Å². The molecule has 17 heavy (non-hydrogen) atoms. The van der Waals surface area contributed by atoms with E-state index in [1.165, 1.54) is 45.6 Å². The van der Waals surface area contributed by atoms with Gasteiger partial charge in [-0.2, -0.15) is 0 Å². The number of nitrogens with zero attached hydrogens (tertiary/aromatic N) is 2. The molecule has 0 spiro atoms. The van der Waals surface area contributed by atoms with Crippen LogP contribution in [0, 0.1) is 5.41 Å². The van der Waals surface area contributed by atoms with Crippen molar-refractivity contribution in [1.82, 2.24) is 15.1 Å². The maximum absolute atomic E-state index is 3.42. The molecule has 102 valence electrons. The van der Waals surface area contributed by atoms with Crippen molar-refractivity contribution >= 4 is 0 Å². The van der Waals surface area contributed by atoms with Crippen molar-refractivity contribution in [2.45, 2.75) is 33.6 Å². The lowest BCUT2D eigenvalue weighted by Crippen LogP contribution is -2.49. The molecular weight excluding hydrogens is 210 g/mol. The van der Waals surface area contributed by atoms with Crippen molar-refractivity contribution in [3.8, 4) is 0 Å². The summed E-state index contributed by atoms with van der Waals surface area (Å²) in [6, 6.07) is 0. The summed E-state index contributed by atoms with van der Waals surface area (Å²) in [6.45, 7) is 15.5. The van der Waals surface area contributed by atoms with E-state index < -0.39 is 0 Å². The third-order valence-electron chi connectivity index (χ3n) is 3.45. The van der Waals surface area contributed by atoms with E-state index in [4.69, 9.17) is 0 Å². The number of rotatable bonds is 7. The van der Waals surface area contributed by atoms with Crippen LogP contribution in [0.2, 0.25) is 0 Å². The second kappa shape index (κ2) is 7.34. The van der Waals surface area contributed by atoms with Crippen molar-refractivity contribution < 1.29 is 0 Å². The molecule has 3 nitrogen and oxygen atoms in total. The van der Waals surface area contributed by atoms with Crippen LogP contribution in [-0.4, -0.2) is 62.7 Å². The molecule has 0 bridgehead atoms. The largest absolute Gasteiger partial charge is 0.314 e. The van der Waals surface area contributed by atoms with Gasteiger partial charge < -0.3 is 15.1 Å². The normalized spacial score (nSPS) is 18.9. The van der Waals surface area contributed by atoms with Gasteiger partial charge in [0.05, 0.1) is 0 Å². The van der Waals surface area contributed by atoms with Crippen LogP contribution in [0.5, 0.6) is 0 Å². The van der Waals surface area contributed by atoms with Crippen LogP contribution < -0.4 is 5.32 Å². The first-order valence-electron chi connectivity index (χ1n) is 7.15. The zero-order valence-electron chi connectivity index (χ0n) is 12.3. The van der Waals surface area contributed by atoms with Crippen LogP contribution in [0.1, 0.15) is 33.6 Å². The third kappa shape index (κ3) is 6.39. The minimum absolute atomic E-state index is 0.403. The molecule has 0 amide bonds. The van der Waals surface area contributed by atoms with Crippen LogP contribution in [0.3, 0.4) is 0 Å². The minimum Gasteiger partial charge on any atom is -0.314 e. The lowest BCUT2D eigenvalue weighted by molar-refractivity contribution is 0.123. The van der Waals surface area contributed by atoms with Gasteiger partial charge in [0.25, 0.3) is 0 Å². The van der Waals surface area contributed by atoms with Crippen molar-refractivity contribution in [2.24, 2.45) is 5.41 Å². The predicted octanol–water partition coefficient (Wildman–Crippen LogP) is 1.65. The summed E-state index contributed by atoms with van der Waals surface area (Å²) in [7, 11) is 2.26. The van der Waals surface area contributed by atoms with E-state index in [0.717, 1.165) is 13.1 Å². The van der Waals surface area contributed by atoms with E-state index >= 15 is 0 Å². The maximum atomic E-state index is 3.42. The molecule has 0 aromatic heterocycles. The Morgan fingerprint density at radius 1 is 1.24 bits per heavy atom. The molecule has 1 rings (SSSR count). The van der Waals surface area contributed by atoms with Crippen LogP contribution in [0.15, 0.2) is 0 Å². The molecule has 1 heterocycles. The summed E-state index contributed by atoms with van der Waals surface area (Å²) < 4.78 is 0. The lowest BCUT2D eigenvalue weighted by atomic mass is 9.91. The highest BCUT2D eigenvalue weighted by Gasteiger charge is 2.24. The van der Waals surface area contributed by atoms with Gasteiger partial charge in [-0.05, 0) is 25.4 Å². The topological polar surface area (TPSA) is 18.5 Å². The zero-order valence-corrected chi connectivity index (χ0v) is 12.3. The highest BCUT2D eigenvalue weighted by atomic mass is 15.2.